The zero-order valence-corrected chi connectivity index (χ0v) is 43.6. The Morgan fingerprint density at radius 1 is 0.250 bits per heavy atom. The summed E-state index contributed by atoms with van der Waals surface area (Å²) in [5, 5.41) is 0. The molecule has 380 valence electrons. The van der Waals surface area contributed by atoms with Crippen LogP contribution in [0.25, 0.3) is 0 Å². The van der Waals surface area contributed by atoms with Crippen molar-refractivity contribution in [2.45, 2.75) is 341 Å². The van der Waals surface area contributed by atoms with E-state index in [0.29, 0.717) is 19.3 Å². The smallest absolute Gasteiger partial charge is 0.306 e. The Bertz CT molecular complexity index is 951. The topological polar surface area (TPSA) is 78.9 Å². The van der Waals surface area contributed by atoms with Gasteiger partial charge in [-0.1, -0.05) is 297 Å². The largest absolute Gasteiger partial charge is 0.462 e. The van der Waals surface area contributed by atoms with Gasteiger partial charge in [0.05, 0.1) is 0 Å². The highest BCUT2D eigenvalue weighted by molar-refractivity contribution is 5.71. The van der Waals surface area contributed by atoms with E-state index < -0.39 is 6.10 Å². The van der Waals surface area contributed by atoms with Crippen LogP contribution in [0.4, 0.5) is 0 Å². The molecule has 0 N–H and O–H groups in total. The van der Waals surface area contributed by atoms with Crippen LogP contribution in [-0.2, 0) is 28.6 Å². The van der Waals surface area contributed by atoms with Gasteiger partial charge < -0.3 is 14.2 Å². The van der Waals surface area contributed by atoms with Gasteiger partial charge in [0, 0.05) is 19.3 Å². The summed E-state index contributed by atoms with van der Waals surface area (Å²) in [7, 11) is 0. The highest BCUT2D eigenvalue weighted by Gasteiger charge is 2.19. The second kappa shape index (κ2) is 54.0. The van der Waals surface area contributed by atoms with Crippen LogP contribution in [0.15, 0.2) is 0 Å². The average Bonchev–Trinajstić information content (AvgIpc) is 3.29. The Labute approximate surface area is 399 Å². The number of ether oxygens (including phenoxy) is 3. The lowest BCUT2D eigenvalue weighted by Gasteiger charge is -2.18. The molecule has 0 spiro atoms. The van der Waals surface area contributed by atoms with Gasteiger partial charge in [-0.15, -0.1) is 0 Å². The van der Waals surface area contributed by atoms with Gasteiger partial charge in [-0.2, -0.15) is 0 Å². The molecule has 0 aliphatic rings. The monoisotopic (exact) mass is 905 g/mol. The summed E-state index contributed by atoms with van der Waals surface area (Å²) in [5.41, 5.74) is 0. The number of rotatable bonds is 54. The van der Waals surface area contributed by atoms with Crippen molar-refractivity contribution in [2.75, 3.05) is 13.2 Å². The molecule has 0 fully saturated rings. The first-order valence-corrected chi connectivity index (χ1v) is 29.0. The average molecular weight is 906 g/mol. The number of hydrogen-bond donors (Lipinski definition) is 0. The van der Waals surface area contributed by atoms with E-state index in [2.05, 4.69) is 20.8 Å². The van der Waals surface area contributed by atoms with E-state index in [1.807, 2.05) is 0 Å². The van der Waals surface area contributed by atoms with Gasteiger partial charge in [0.25, 0.3) is 0 Å². The molecule has 6 nitrogen and oxygen atoms in total. The molecule has 0 rings (SSSR count). The van der Waals surface area contributed by atoms with E-state index in [0.717, 1.165) is 57.8 Å². The second-order valence-corrected chi connectivity index (χ2v) is 19.9. The van der Waals surface area contributed by atoms with Crippen molar-refractivity contribution < 1.29 is 28.6 Å². The lowest BCUT2D eigenvalue weighted by Crippen LogP contribution is -2.30. The fraction of sp³-hybridized carbons (Fsp3) is 0.948. The number of esters is 3. The maximum absolute atomic E-state index is 12.7. The third-order valence-corrected chi connectivity index (χ3v) is 13.4. The van der Waals surface area contributed by atoms with E-state index in [9.17, 15) is 14.4 Å². The molecule has 0 saturated carbocycles. The lowest BCUT2D eigenvalue weighted by molar-refractivity contribution is -0.167. The standard InChI is InChI=1S/C58H112O6/c1-4-7-10-13-16-19-21-22-23-24-25-26-27-28-29-30-31-32-33-34-35-36-38-39-42-45-48-51-57(60)63-54-55(53-62-56(59)50-47-44-41-18-15-12-9-6-3)64-58(61)52-49-46-43-40-37-20-17-14-11-8-5-2/h55H,4-54H2,1-3H3. The molecule has 0 amide bonds. The van der Waals surface area contributed by atoms with Crippen LogP contribution in [-0.4, -0.2) is 37.2 Å². The minimum Gasteiger partial charge on any atom is -0.462 e. The number of hydrogen-bond acceptors (Lipinski definition) is 6. The Balaban J connectivity index is 3.99. The normalized spacial score (nSPS) is 11.9. The van der Waals surface area contributed by atoms with Crippen LogP contribution in [0, 0.1) is 0 Å². The van der Waals surface area contributed by atoms with Crippen molar-refractivity contribution in [1.29, 1.82) is 0 Å². The Kier molecular flexibility index (Phi) is 52.7. The highest BCUT2D eigenvalue weighted by Crippen LogP contribution is 2.18. The Morgan fingerprint density at radius 3 is 0.625 bits per heavy atom. The molecule has 0 aromatic rings. The van der Waals surface area contributed by atoms with E-state index in [1.165, 1.54) is 238 Å². The summed E-state index contributed by atoms with van der Waals surface area (Å²) >= 11 is 0. The third-order valence-electron chi connectivity index (χ3n) is 13.4. The van der Waals surface area contributed by atoms with Crippen LogP contribution >= 0.6 is 0 Å². The van der Waals surface area contributed by atoms with Crippen LogP contribution in [0.2, 0.25) is 0 Å². The number of unbranched alkanes of at least 4 members (excludes halogenated alkanes) is 43. The minimum absolute atomic E-state index is 0.0621. The van der Waals surface area contributed by atoms with Crippen LogP contribution in [0.3, 0.4) is 0 Å². The van der Waals surface area contributed by atoms with Crippen molar-refractivity contribution in [3.8, 4) is 0 Å². The van der Waals surface area contributed by atoms with E-state index in [1.54, 1.807) is 0 Å². The fourth-order valence-electron chi connectivity index (χ4n) is 8.98. The van der Waals surface area contributed by atoms with Gasteiger partial charge in [0.1, 0.15) is 13.2 Å². The molecule has 1 unspecified atom stereocenters. The molecular weight excluding hydrogens is 793 g/mol. The predicted molar refractivity (Wildman–Crippen MR) is 275 cm³/mol. The lowest BCUT2D eigenvalue weighted by atomic mass is 10.0. The molecule has 0 aliphatic heterocycles. The first-order chi connectivity index (χ1) is 31.5. The van der Waals surface area contributed by atoms with Gasteiger partial charge in [-0.3, -0.25) is 14.4 Å². The summed E-state index contributed by atoms with van der Waals surface area (Å²) in [6.45, 7) is 6.66. The molecule has 64 heavy (non-hydrogen) atoms. The van der Waals surface area contributed by atoms with Crippen molar-refractivity contribution in [3.05, 3.63) is 0 Å². The summed E-state index contributed by atoms with van der Waals surface area (Å²) < 4.78 is 16.8. The minimum atomic E-state index is -0.759. The zero-order chi connectivity index (χ0) is 46.5. The maximum Gasteiger partial charge on any atom is 0.306 e. The van der Waals surface area contributed by atoms with E-state index in [4.69, 9.17) is 14.2 Å². The summed E-state index contributed by atoms with van der Waals surface area (Å²) in [4.78, 5) is 37.9. The summed E-state index contributed by atoms with van der Waals surface area (Å²) in [5.74, 6) is -0.845. The predicted octanol–water partition coefficient (Wildman–Crippen LogP) is 19.2. The van der Waals surface area contributed by atoms with Gasteiger partial charge in [-0.25, -0.2) is 0 Å². The first kappa shape index (κ1) is 62.4. The van der Waals surface area contributed by atoms with Crippen molar-refractivity contribution in [3.63, 3.8) is 0 Å². The summed E-state index contributed by atoms with van der Waals surface area (Å²) in [6.07, 6.45) is 59.9. The third kappa shape index (κ3) is 51.4. The highest BCUT2D eigenvalue weighted by atomic mass is 16.6. The molecule has 0 radical (unpaired) electrons. The summed E-state index contributed by atoms with van der Waals surface area (Å²) in [6, 6.07) is 0. The molecular formula is C58H112O6. The van der Waals surface area contributed by atoms with Gasteiger partial charge >= 0.3 is 17.9 Å². The van der Waals surface area contributed by atoms with Gasteiger partial charge in [0.15, 0.2) is 6.10 Å². The number of carbonyl (C=O) groups excluding carboxylic acids is 3. The van der Waals surface area contributed by atoms with E-state index >= 15 is 0 Å². The van der Waals surface area contributed by atoms with Crippen molar-refractivity contribution in [1.82, 2.24) is 0 Å². The molecule has 1 atom stereocenters. The van der Waals surface area contributed by atoms with Gasteiger partial charge in [-0.05, 0) is 19.3 Å². The molecule has 6 heteroatoms. The molecule has 0 heterocycles. The fourth-order valence-corrected chi connectivity index (χ4v) is 8.98. The maximum atomic E-state index is 12.7. The Hall–Kier alpha value is -1.59. The zero-order valence-electron chi connectivity index (χ0n) is 43.6. The molecule has 0 saturated heterocycles. The van der Waals surface area contributed by atoms with E-state index in [-0.39, 0.29) is 31.1 Å². The molecule has 0 bridgehead atoms. The second-order valence-electron chi connectivity index (χ2n) is 19.9. The van der Waals surface area contributed by atoms with Gasteiger partial charge in [0.2, 0.25) is 0 Å². The first-order valence-electron chi connectivity index (χ1n) is 29.0. The Morgan fingerprint density at radius 2 is 0.422 bits per heavy atom. The number of carbonyl (C=O) groups is 3. The molecule has 0 aromatic carbocycles. The van der Waals surface area contributed by atoms with Crippen LogP contribution in [0.5, 0.6) is 0 Å². The quantitative estimate of drug-likeness (QED) is 0.0344. The van der Waals surface area contributed by atoms with Crippen molar-refractivity contribution in [2.24, 2.45) is 0 Å². The molecule has 0 aliphatic carbocycles. The molecule has 0 aromatic heterocycles. The van der Waals surface area contributed by atoms with Crippen molar-refractivity contribution >= 4 is 17.9 Å². The van der Waals surface area contributed by atoms with Crippen LogP contribution < -0.4 is 0 Å². The van der Waals surface area contributed by atoms with Crippen LogP contribution in [0.1, 0.15) is 335 Å². The SMILES string of the molecule is CCCCCCCCCCCCCCCCCCCCCCCCCCCCCC(=O)OCC(COC(=O)CCCCCCCCCC)OC(=O)CCCCCCCCCCCCC.